The molecular formula is C35H32BrNO4S. The fraction of sp³-hybridized carbons (Fsp3) is 0.200. The average molecular weight is 643 g/mol. The molecule has 42 heavy (non-hydrogen) atoms. The van der Waals surface area contributed by atoms with Gasteiger partial charge in [0.25, 0.3) is 0 Å². The van der Waals surface area contributed by atoms with Crippen LogP contribution in [0, 0.1) is 12.8 Å². The van der Waals surface area contributed by atoms with Gasteiger partial charge in [-0.25, -0.2) is 8.42 Å². The van der Waals surface area contributed by atoms with Crippen LogP contribution in [0.15, 0.2) is 124 Å². The Hall–Kier alpha value is -3.65. The van der Waals surface area contributed by atoms with Gasteiger partial charge in [0.2, 0.25) is 10.0 Å². The summed E-state index contributed by atoms with van der Waals surface area (Å²) in [4.78, 5) is 27.2. The number of hydrogen-bond donors (Lipinski definition) is 0. The number of sulfonamides is 1. The first-order valence-electron chi connectivity index (χ1n) is 13.9. The van der Waals surface area contributed by atoms with Gasteiger partial charge < -0.3 is 4.79 Å². The number of nitrogens with zero attached hydrogens (tertiary/aromatic N) is 1. The SMILES string of the molecule is CC(=O)C[C@H]1CN(S(=O)(=O)c2ccc(C)cc2)[C@@H](Cc2ccccc2)C(c2ccccc2)=C1C(=O)c1ccc(Br)cc1. The first-order chi connectivity index (χ1) is 20.1. The van der Waals surface area contributed by atoms with Crippen molar-refractivity contribution >= 4 is 43.1 Å². The highest BCUT2D eigenvalue weighted by Gasteiger charge is 2.44. The molecule has 5 nitrogen and oxygen atoms in total. The van der Waals surface area contributed by atoms with Gasteiger partial charge in [-0.15, -0.1) is 0 Å². The van der Waals surface area contributed by atoms with Crippen LogP contribution in [0.2, 0.25) is 0 Å². The molecule has 0 aliphatic carbocycles. The molecule has 0 aromatic heterocycles. The lowest BCUT2D eigenvalue weighted by molar-refractivity contribution is -0.117. The molecule has 4 aromatic rings. The molecule has 0 spiro atoms. The lowest BCUT2D eigenvalue weighted by Crippen LogP contribution is -2.50. The van der Waals surface area contributed by atoms with E-state index < -0.39 is 22.0 Å². The summed E-state index contributed by atoms with van der Waals surface area (Å²) in [5.41, 5.74) is 4.28. The highest BCUT2D eigenvalue weighted by molar-refractivity contribution is 9.10. The first kappa shape index (κ1) is 29.8. The van der Waals surface area contributed by atoms with E-state index in [1.165, 1.54) is 11.2 Å². The monoisotopic (exact) mass is 641 g/mol. The average Bonchev–Trinajstić information content (AvgIpc) is 2.98. The van der Waals surface area contributed by atoms with Crippen LogP contribution in [-0.4, -0.2) is 36.9 Å². The van der Waals surface area contributed by atoms with Crippen molar-refractivity contribution in [1.29, 1.82) is 0 Å². The number of hydrogen-bond acceptors (Lipinski definition) is 4. The fourth-order valence-corrected chi connectivity index (χ4v) is 7.58. The molecule has 2 atom stereocenters. The van der Waals surface area contributed by atoms with Crippen LogP contribution in [0.3, 0.4) is 0 Å². The van der Waals surface area contributed by atoms with Crippen molar-refractivity contribution in [2.24, 2.45) is 5.92 Å². The molecule has 0 saturated heterocycles. The molecule has 0 saturated carbocycles. The number of Topliss-reactive ketones (excluding diaryl/α,β-unsaturated/α-hetero) is 2. The smallest absolute Gasteiger partial charge is 0.243 e. The maximum Gasteiger partial charge on any atom is 0.243 e. The van der Waals surface area contributed by atoms with Gasteiger partial charge >= 0.3 is 0 Å². The molecule has 7 heteroatoms. The second kappa shape index (κ2) is 12.7. The van der Waals surface area contributed by atoms with Crippen LogP contribution in [0.1, 0.15) is 40.4 Å². The van der Waals surface area contributed by atoms with Gasteiger partial charge in [-0.2, -0.15) is 4.31 Å². The molecule has 0 bridgehead atoms. The van der Waals surface area contributed by atoms with Crippen LogP contribution >= 0.6 is 15.9 Å². The van der Waals surface area contributed by atoms with Crippen molar-refractivity contribution in [2.75, 3.05) is 6.54 Å². The molecule has 1 heterocycles. The van der Waals surface area contributed by atoms with Gasteiger partial charge in [0.05, 0.1) is 10.9 Å². The molecular weight excluding hydrogens is 610 g/mol. The molecule has 0 radical (unpaired) electrons. The van der Waals surface area contributed by atoms with Crippen molar-refractivity contribution in [1.82, 2.24) is 4.31 Å². The van der Waals surface area contributed by atoms with E-state index >= 15 is 0 Å². The maximum absolute atomic E-state index is 14.4. The van der Waals surface area contributed by atoms with Crippen molar-refractivity contribution in [3.63, 3.8) is 0 Å². The standard InChI is InChI=1S/C35H32BrNO4S/c1-24-13-19-31(20-14-24)42(40,41)37-23-29(21-25(2)38)34(35(39)28-15-17-30(36)18-16-28)33(27-11-7-4-8-12-27)32(37)22-26-9-5-3-6-10-26/h3-20,29,32H,21-23H2,1-2H3/t29-,32-/m0/s1. The quantitative estimate of drug-likeness (QED) is 0.180. The van der Waals surface area contributed by atoms with Crippen molar-refractivity contribution in [2.45, 2.75) is 37.6 Å². The number of aryl methyl sites for hydroxylation is 1. The Morgan fingerprint density at radius 3 is 2.02 bits per heavy atom. The zero-order chi connectivity index (χ0) is 29.9. The van der Waals surface area contributed by atoms with E-state index in [-0.39, 0.29) is 29.4 Å². The Labute approximate surface area is 256 Å². The van der Waals surface area contributed by atoms with E-state index in [1.807, 2.05) is 79.7 Å². The molecule has 1 aliphatic heterocycles. The lowest BCUT2D eigenvalue weighted by atomic mass is 9.76. The van der Waals surface area contributed by atoms with Gasteiger partial charge in [0.1, 0.15) is 5.78 Å². The minimum atomic E-state index is -4.01. The van der Waals surface area contributed by atoms with Gasteiger partial charge in [-0.3, -0.25) is 4.79 Å². The number of carbonyl (C=O) groups excluding carboxylic acids is 2. The minimum Gasteiger partial charge on any atom is -0.300 e. The molecule has 5 rings (SSSR count). The largest absolute Gasteiger partial charge is 0.300 e. The van der Waals surface area contributed by atoms with Crippen LogP contribution in [0.4, 0.5) is 0 Å². The minimum absolute atomic E-state index is 0.0151. The molecule has 4 aromatic carbocycles. The highest BCUT2D eigenvalue weighted by atomic mass is 79.9. The summed E-state index contributed by atoms with van der Waals surface area (Å²) in [6.45, 7) is 3.41. The molecule has 0 N–H and O–H groups in total. The van der Waals surface area contributed by atoms with Gasteiger partial charge in [-0.05, 0) is 73.4 Å². The third kappa shape index (κ3) is 6.38. The summed E-state index contributed by atoms with van der Waals surface area (Å²) in [7, 11) is -4.01. The normalized spacial score (nSPS) is 17.7. The summed E-state index contributed by atoms with van der Waals surface area (Å²) < 4.78 is 31.2. The highest BCUT2D eigenvalue weighted by Crippen LogP contribution is 2.42. The number of rotatable bonds is 9. The molecule has 0 amide bonds. The number of halogens is 1. The number of benzene rings is 4. The van der Waals surface area contributed by atoms with Gasteiger partial charge in [0, 0.05) is 34.5 Å². The van der Waals surface area contributed by atoms with E-state index in [2.05, 4.69) is 15.9 Å². The summed E-state index contributed by atoms with van der Waals surface area (Å²) in [6.07, 6.45) is 0.409. The Bertz CT molecular complexity index is 1720. The third-order valence-electron chi connectivity index (χ3n) is 7.65. The summed E-state index contributed by atoms with van der Waals surface area (Å²) in [5, 5.41) is 0. The van der Waals surface area contributed by atoms with E-state index in [9.17, 15) is 18.0 Å². The number of carbonyl (C=O) groups is 2. The van der Waals surface area contributed by atoms with Crippen LogP contribution < -0.4 is 0 Å². The number of ketones is 2. The van der Waals surface area contributed by atoms with E-state index in [0.29, 0.717) is 23.1 Å². The van der Waals surface area contributed by atoms with Gasteiger partial charge in [-0.1, -0.05) is 94.3 Å². The van der Waals surface area contributed by atoms with Gasteiger partial charge in [0.15, 0.2) is 5.78 Å². The van der Waals surface area contributed by atoms with E-state index in [1.54, 1.807) is 36.4 Å². The Kier molecular flexibility index (Phi) is 9.02. The van der Waals surface area contributed by atoms with Crippen molar-refractivity contribution in [3.05, 3.63) is 141 Å². The molecule has 1 aliphatic rings. The summed E-state index contributed by atoms with van der Waals surface area (Å²) in [5.74, 6) is -0.929. The third-order valence-corrected chi connectivity index (χ3v) is 10.1. The maximum atomic E-state index is 14.4. The summed E-state index contributed by atoms with van der Waals surface area (Å²) in [6, 6.07) is 32.5. The second-order valence-corrected chi connectivity index (χ2v) is 13.5. The van der Waals surface area contributed by atoms with Crippen molar-refractivity contribution in [3.8, 4) is 0 Å². The van der Waals surface area contributed by atoms with Crippen LogP contribution in [-0.2, 0) is 21.2 Å². The summed E-state index contributed by atoms with van der Waals surface area (Å²) >= 11 is 3.45. The Balaban J connectivity index is 1.79. The zero-order valence-electron chi connectivity index (χ0n) is 23.5. The zero-order valence-corrected chi connectivity index (χ0v) is 25.9. The Morgan fingerprint density at radius 1 is 0.833 bits per heavy atom. The van der Waals surface area contributed by atoms with E-state index in [0.717, 1.165) is 21.2 Å². The van der Waals surface area contributed by atoms with E-state index in [4.69, 9.17) is 0 Å². The van der Waals surface area contributed by atoms with Crippen molar-refractivity contribution < 1.29 is 18.0 Å². The molecule has 214 valence electrons. The molecule has 0 fully saturated rings. The lowest BCUT2D eigenvalue weighted by Gasteiger charge is -2.42. The first-order valence-corrected chi connectivity index (χ1v) is 16.1. The Morgan fingerprint density at radius 2 is 1.43 bits per heavy atom. The van der Waals surface area contributed by atoms with Crippen LogP contribution in [0.5, 0.6) is 0 Å². The predicted molar refractivity (Wildman–Crippen MR) is 170 cm³/mol. The molecule has 0 unspecified atom stereocenters. The fourth-order valence-electron chi connectivity index (χ4n) is 5.68. The predicted octanol–water partition coefficient (Wildman–Crippen LogP) is 7.31. The second-order valence-electron chi connectivity index (χ2n) is 10.7. The van der Waals surface area contributed by atoms with Crippen LogP contribution in [0.25, 0.3) is 5.57 Å². The topological polar surface area (TPSA) is 71.5 Å².